The quantitative estimate of drug-likeness (QED) is 0.540. The largest absolute Gasteiger partial charge is 0.464 e. The number of carbonyl (C=O) groups is 1. The predicted octanol–water partition coefficient (Wildman–Crippen LogP) is 0.644. The summed E-state index contributed by atoms with van der Waals surface area (Å²) in [5, 5.41) is 0. The Balaban J connectivity index is 1.99. The van der Waals surface area contributed by atoms with E-state index in [2.05, 4.69) is 4.90 Å². The van der Waals surface area contributed by atoms with Crippen LogP contribution in [0.15, 0.2) is 0 Å². The average Bonchev–Trinajstić information content (AvgIpc) is 2.64. The summed E-state index contributed by atoms with van der Waals surface area (Å²) >= 11 is 0. The van der Waals surface area contributed by atoms with Crippen LogP contribution >= 0.6 is 0 Å². The Bertz CT molecular complexity index is 187. The fourth-order valence-corrected chi connectivity index (χ4v) is 2.10. The first kappa shape index (κ1) is 8.05. The average molecular weight is 169 g/mol. The molecule has 0 radical (unpaired) electrons. The first-order chi connectivity index (χ1) is 5.79. The van der Waals surface area contributed by atoms with Gasteiger partial charge >= 0.3 is 5.97 Å². The number of hydrogen-bond donors (Lipinski definition) is 0. The van der Waals surface area contributed by atoms with Gasteiger partial charge in [0.25, 0.3) is 0 Å². The Morgan fingerprint density at radius 3 is 2.58 bits per heavy atom. The molecule has 2 fully saturated rings. The van der Waals surface area contributed by atoms with Gasteiger partial charge in [-0.05, 0) is 25.9 Å². The normalized spacial score (nSPS) is 37.2. The third-order valence-corrected chi connectivity index (χ3v) is 2.95. The molecule has 0 aliphatic carbocycles. The minimum Gasteiger partial charge on any atom is -0.464 e. The van der Waals surface area contributed by atoms with E-state index in [4.69, 9.17) is 4.74 Å². The molecule has 2 atom stereocenters. The highest BCUT2D eigenvalue weighted by atomic mass is 16.5. The molecule has 0 amide bonds. The lowest BCUT2D eigenvalue weighted by Gasteiger charge is -2.23. The predicted molar refractivity (Wildman–Crippen MR) is 44.7 cm³/mol. The monoisotopic (exact) mass is 169 g/mol. The van der Waals surface area contributed by atoms with Gasteiger partial charge in [-0.25, -0.2) is 0 Å². The van der Waals surface area contributed by atoms with Gasteiger partial charge < -0.3 is 4.74 Å². The molecule has 0 saturated carbocycles. The second-order valence-corrected chi connectivity index (χ2v) is 3.73. The molecule has 2 heterocycles. The van der Waals surface area contributed by atoms with Crippen molar-refractivity contribution in [2.24, 2.45) is 5.92 Å². The minimum atomic E-state index is -0.0214. The van der Waals surface area contributed by atoms with Gasteiger partial charge in [-0.1, -0.05) is 6.92 Å². The highest BCUT2D eigenvalue weighted by Gasteiger charge is 2.37. The number of rotatable bonds is 1. The number of ether oxygens (including phenoxy) is 1. The molecule has 0 bridgehead atoms. The topological polar surface area (TPSA) is 29.5 Å². The fraction of sp³-hybridized carbons (Fsp3) is 0.889. The lowest BCUT2D eigenvalue weighted by Crippen LogP contribution is -2.37. The number of nitrogens with zero attached hydrogens (tertiary/aromatic N) is 1. The summed E-state index contributed by atoms with van der Waals surface area (Å²) in [5.74, 6) is 0.0648. The summed E-state index contributed by atoms with van der Waals surface area (Å²) in [7, 11) is 0. The maximum absolute atomic E-state index is 11.1. The molecule has 2 aliphatic heterocycles. The van der Waals surface area contributed by atoms with Crippen LogP contribution < -0.4 is 0 Å². The zero-order chi connectivity index (χ0) is 8.55. The van der Waals surface area contributed by atoms with Gasteiger partial charge in [-0.3, -0.25) is 9.69 Å². The van der Waals surface area contributed by atoms with Crippen molar-refractivity contribution >= 4 is 5.97 Å². The van der Waals surface area contributed by atoms with Gasteiger partial charge in [0.15, 0.2) is 0 Å². The van der Waals surface area contributed by atoms with Crippen molar-refractivity contribution in [2.45, 2.75) is 25.8 Å². The Morgan fingerprint density at radius 1 is 1.42 bits per heavy atom. The van der Waals surface area contributed by atoms with E-state index < -0.39 is 0 Å². The highest BCUT2D eigenvalue weighted by Crippen LogP contribution is 2.23. The maximum Gasteiger partial charge on any atom is 0.310 e. The van der Waals surface area contributed by atoms with Crippen LogP contribution in [-0.2, 0) is 9.53 Å². The van der Waals surface area contributed by atoms with Crippen LogP contribution in [0.25, 0.3) is 0 Å². The molecule has 0 spiro atoms. The van der Waals surface area contributed by atoms with Crippen molar-refractivity contribution in [1.82, 2.24) is 4.90 Å². The van der Waals surface area contributed by atoms with E-state index in [9.17, 15) is 4.79 Å². The smallest absolute Gasteiger partial charge is 0.310 e. The zero-order valence-electron chi connectivity index (χ0n) is 7.45. The molecule has 3 heteroatoms. The molecule has 2 rings (SSSR count). The number of carbonyl (C=O) groups excluding carboxylic acids is 1. The number of hydrogen-bond acceptors (Lipinski definition) is 3. The summed E-state index contributed by atoms with van der Waals surface area (Å²) in [6, 6.07) is 0.361. The van der Waals surface area contributed by atoms with Crippen LogP contribution in [0.2, 0.25) is 0 Å². The van der Waals surface area contributed by atoms with Crippen LogP contribution in [0.4, 0.5) is 0 Å². The van der Waals surface area contributed by atoms with Crippen LogP contribution in [0.5, 0.6) is 0 Å². The molecule has 12 heavy (non-hydrogen) atoms. The molecule has 0 aromatic heterocycles. The summed E-state index contributed by atoms with van der Waals surface area (Å²) in [6.45, 7) is 4.87. The Hall–Kier alpha value is -0.570. The molecule has 2 saturated heterocycles. The van der Waals surface area contributed by atoms with Gasteiger partial charge in [0, 0.05) is 0 Å². The summed E-state index contributed by atoms with van der Waals surface area (Å²) < 4.78 is 5.01. The van der Waals surface area contributed by atoms with E-state index in [1.165, 1.54) is 12.8 Å². The SMILES string of the molecule is CC1C(=O)OCC1N1CCCC1. The van der Waals surface area contributed by atoms with Crippen LogP contribution in [0.1, 0.15) is 19.8 Å². The van der Waals surface area contributed by atoms with Crippen LogP contribution in [0, 0.1) is 5.92 Å². The van der Waals surface area contributed by atoms with Gasteiger partial charge in [-0.2, -0.15) is 0 Å². The van der Waals surface area contributed by atoms with Gasteiger partial charge in [-0.15, -0.1) is 0 Å². The molecular weight excluding hydrogens is 154 g/mol. The lowest BCUT2D eigenvalue weighted by molar-refractivity contribution is -0.140. The second kappa shape index (κ2) is 3.05. The summed E-state index contributed by atoms with van der Waals surface area (Å²) in [5.41, 5.74) is 0. The van der Waals surface area contributed by atoms with Crippen molar-refractivity contribution in [3.05, 3.63) is 0 Å². The molecule has 3 nitrogen and oxygen atoms in total. The maximum atomic E-state index is 11.1. The van der Waals surface area contributed by atoms with E-state index >= 15 is 0 Å². The Kier molecular flexibility index (Phi) is 2.05. The summed E-state index contributed by atoms with van der Waals surface area (Å²) in [6.07, 6.45) is 2.55. The van der Waals surface area contributed by atoms with Gasteiger partial charge in [0.05, 0.1) is 12.0 Å². The van der Waals surface area contributed by atoms with Crippen molar-refractivity contribution in [3.63, 3.8) is 0 Å². The van der Waals surface area contributed by atoms with E-state index in [1.54, 1.807) is 0 Å². The van der Waals surface area contributed by atoms with E-state index in [-0.39, 0.29) is 11.9 Å². The first-order valence-corrected chi connectivity index (χ1v) is 4.70. The molecule has 0 aromatic carbocycles. The van der Waals surface area contributed by atoms with Crippen LogP contribution in [0.3, 0.4) is 0 Å². The van der Waals surface area contributed by atoms with Crippen molar-refractivity contribution in [1.29, 1.82) is 0 Å². The first-order valence-electron chi connectivity index (χ1n) is 4.70. The van der Waals surface area contributed by atoms with E-state index in [0.29, 0.717) is 12.6 Å². The van der Waals surface area contributed by atoms with Gasteiger partial charge in [0.1, 0.15) is 6.61 Å². The van der Waals surface area contributed by atoms with Gasteiger partial charge in [0.2, 0.25) is 0 Å². The van der Waals surface area contributed by atoms with E-state index in [0.717, 1.165) is 13.1 Å². The lowest BCUT2D eigenvalue weighted by atomic mass is 10.0. The van der Waals surface area contributed by atoms with Crippen LogP contribution in [-0.4, -0.2) is 36.6 Å². The Labute approximate surface area is 72.7 Å². The number of esters is 1. The van der Waals surface area contributed by atoms with Crippen molar-refractivity contribution in [2.75, 3.05) is 19.7 Å². The molecule has 68 valence electrons. The van der Waals surface area contributed by atoms with E-state index in [1.807, 2.05) is 6.92 Å². The zero-order valence-corrected chi connectivity index (χ0v) is 7.45. The molecule has 0 aromatic rings. The third-order valence-electron chi connectivity index (χ3n) is 2.95. The molecular formula is C9H15NO2. The molecule has 2 unspecified atom stereocenters. The Morgan fingerprint density at radius 2 is 2.08 bits per heavy atom. The minimum absolute atomic E-state index is 0.0214. The van der Waals surface area contributed by atoms with Crippen molar-refractivity contribution in [3.8, 4) is 0 Å². The fourth-order valence-electron chi connectivity index (χ4n) is 2.10. The highest BCUT2D eigenvalue weighted by molar-refractivity contribution is 5.74. The molecule has 0 N–H and O–H groups in total. The standard InChI is InChI=1S/C9H15NO2/c1-7-8(6-12-9(7)11)10-4-2-3-5-10/h7-8H,2-6H2,1H3. The number of cyclic esters (lactones) is 1. The van der Waals surface area contributed by atoms with Crippen molar-refractivity contribution < 1.29 is 9.53 Å². The second-order valence-electron chi connectivity index (χ2n) is 3.73. The number of likely N-dealkylation sites (tertiary alicyclic amines) is 1. The molecule has 2 aliphatic rings. The third kappa shape index (κ3) is 1.22. The summed E-state index contributed by atoms with van der Waals surface area (Å²) in [4.78, 5) is 13.5.